The molecule has 0 unspecified atom stereocenters. The Morgan fingerprint density at radius 1 is 1.23 bits per heavy atom. The number of likely N-dealkylation sites (tertiary alicyclic amines) is 1. The summed E-state index contributed by atoms with van der Waals surface area (Å²) in [6.07, 6.45) is 2.95. The van der Waals surface area contributed by atoms with Crippen LogP contribution in [-0.2, 0) is 6.42 Å². The lowest BCUT2D eigenvalue weighted by atomic mass is 9.99. The van der Waals surface area contributed by atoms with Crippen LogP contribution >= 0.6 is 11.6 Å². The van der Waals surface area contributed by atoms with E-state index in [1.807, 2.05) is 36.1 Å². The number of aryl methyl sites for hydroxylation is 1. The van der Waals surface area contributed by atoms with E-state index >= 15 is 0 Å². The number of piperidine rings is 1. The lowest BCUT2D eigenvalue weighted by Gasteiger charge is -2.30. The van der Waals surface area contributed by atoms with Gasteiger partial charge in [0.15, 0.2) is 0 Å². The molecule has 1 N–H and O–H groups in total. The van der Waals surface area contributed by atoms with E-state index in [0.717, 1.165) is 43.1 Å². The van der Waals surface area contributed by atoms with Gasteiger partial charge in [-0.15, -0.1) is 0 Å². The zero-order valence-corrected chi connectivity index (χ0v) is 16.1. The number of hydrogen-bond donors (Lipinski definition) is 1. The van der Waals surface area contributed by atoms with Crippen LogP contribution in [0.15, 0.2) is 30.3 Å². The molecule has 1 saturated heterocycles. The predicted molar refractivity (Wildman–Crippen MR) is 105 cm³/mol. The molecule has 138 valence electrons. The van der Waals surface area contributed by atoms with Crippen molar-refractivity contribution in [3.63, 3.8) is 0 Å². The fourth-order valence-corrected chi connectivity index (χ4v) is 3.23. The minimum absolute atomic E-state index is 0.00292. The molecule has 1 aromatic heterocycles. The minimum atomic E-state index is 0.00292. The van der Waals surface area contributed by atoms with Crippen molar-refractivity contribution in [2.24, 2.45) is 5.92 Å². The molecule has 0 atom stereocenters. The Morgan fingerprint density at radius 3 is 2.62 bits per heavy atom. The van der Waals surface area contributed by atoms with Gasteiger partial charge in [-0.05, 0) is 55.9 Å². The third kappa shape index (κ3) is 4.94. The van der Waals surface area contributed by atoms with E-state index in [1.54, 1.807) is 6.07 Å². The van der Waals surface area contributed by atoms with E-state index in [-0.39, 0.29) is 5.91 Å². The number of nitrogens with one attached hydrogen (secondary N) is 1. The first kappa shape index (κ1) is 18.6. The van der Waals surface area contributed by atoms with Gasteiger partial charge < -0.3 is 10.2 Å². The molecule has 1 fully saturated rings. The first-order valence-corrected chi connectivity index (χ1v) is 9.52. The number of rotatable bonds is 5. The fraction of sp³-hybridized carbons (Fsp3) is 0.450. The third-order valence-electron chi connectivity index (χ3n) is 4.75. The molecule has 26 heavy (non-hydrogen) atoms. The molecule has 1 aliphatic rings. The first-order chi connectivity index (χ1) is 12.5. The van der Waals surface area contributed by atoms with Crippen molar-refractivity contribution in [1.29, 1.82) is 0 Å². The van der Waals surface area contributed by atoms with Crippen molar-refractivity contribution in [2.75, 3.05) is 25.0 Å². The highest BCUT2D eigenvalue weighted by Crippen LogP contribution is 2.18. The second-order valence-electron chi connectivity index (χ2n) is 7.00. The fourth-order valence-electron chi connectivity index (χ4n) is 3.10. The first-order valence-electron chi connectivity index (χ1n) is 9.14. The number of benzene rings is 1. The van der Waals surface area contributed by atoms with E-state index < -0.39 is 0 Å². The standard InChI is InChI=1S/C20H25ClN4O/c1-14-8-11-25(12-9-14)19(26)18-13-15(2)23-20(24-18)22-10-7-16-3-5-17(21)6-4-16/h3-6,13-14H,7-12H2,1-2H3,(H,22,23,24). The summed E-state index contributed by atoms with van der Waals surface area (Å²) in [7, 11) is 0. The van der Waals surface area contributed by atoms with Crippen LogP contribution in [0.25, 0.3) is 0 Å². The third-order valence-corrected chi connectivity index (χ3v) is 5.01. The molecule has 2 aromatic rings. The van der Waals surface area contributed by atoms with Gasteiger partial charge in [-0.2, -0.15) is 0 Å². The summed E-state index contributed by atoms with van der Waals surface area (Å²) in [6, 6.07) is 9.55. The number of carbonyl (C=O) groups is 1. The Balaban J connectivity index is 1.61. The maximum atomic E-state index is 12.7. The molecule has 1 amide bonds. The van der Waals surface area contributed by atoms with Gasteiger partial charge in [0.1, 0.15) is 5.69 Å². The van der Waals surface area contributed by atoms with Gasteiger partial charge in [-0.25, -0.2) is 9.97 Å². The molecule has 1 aromatic carbocycles. The number of amides is 1. The number of hydrogen-bond acceptors (Lipinski definition) is 4. The van der Waals surface area contributed by atoms with Gasteiger partial charge in [-0.1, -0.05) is 30.7 Å². The van der Waals surface area contributed by atoms with Gasteiger partial charge in [0.05, 0.1) is 0 Å². The highest BCUT2D eigenvalue weighted by Gasteiger charge is 2.23. The van der Waals surface area contributed by atoms with E-state index in [9.17, 15) is 4.79 Å². The van der Waals surface area contributed by atoms with E-state index in [4.69, 9.17) is 11.6 Å². The Hall–Kier alpha value is -2.14. The van der Waals surface area contributed by atoms with Crippen molar-refractivity contribution in [3.8, 4) is 0 Å². The van der Waals surface area contributed by atoms with Crippen LogP contribution in [0, 0.1) is 12.8 Å². The normalized spacial score (nSPS) is 15.1. The molecule has 0 bridgehead atoms. The Morgan fingerprint density at radius 2 is 1.92 bits per heavy atom. The summed E-state index contributed by atoms with van der Waals surface area (Å²) < 4.78 is 0. The van der Waals surface area contributed by atoms with Gasteiger partial charge in [0.2, 0.25) is 5.95 Å². The zero-order chi connectivity index (χ0) is 18.5. The summed E-state index contributed by atoms with van der Waals surface area (Å²) in [5, 5.41) is 3.96. The van der Waals surface area contributed by atoms with Crippen LogP contribution in [-0.4, -0.2) is 40.4 Å². The Kier molecular flexibility index (Phi) is 6.09. The van der Waals surface area contributed by atoms with Crippen LogP contribution in [0.5, 0.6) is 0 Å². The van der Waals surface area contributed by atoms with Gasteiger partial charge in [0.25, 0.3) is 5.91 Å². The molecule has 0 spiro atoms. The highest BCUT2D eigenvalue weighted by molar-refractivity contribution is 6.30. The molecule has 1 aliphatic heterocycles. The average molecular weight is 373 g/mol. The monoisotopic (exact) mass is 372 g/mol. The number of anilines is 1. The summed E-state index contributed by atoms with van der Waals surface area (Å²) in [5.41, 5.74) is 2.46. The van der Waals surface area contributed by atoms with Crippen LogP contribution in [0.4, 0.5) is 5.95 Å². The summed E-state index contributed by atoms with van der Waals surface area (Å²) in [5.74, 6) is 1.20. The molecule has 3 rings (SSSR count). The number of halogens is 1. The largest absolute Gasteiger partial charge is 0.354 e. The van der Waals surface area contributed by atoms with Gasteiger partial charge in [-0.3, -0.25) is 4.79 Å². The van der Waals surface area contributed by atoms with E-state index in [2.05, 4.69) is 22.2 Å². The number of carbonyl (C=O) groups excluding carboxylic acids is 1. The number of nitrogens with zero attached hydrogens (tertiary/aromatic N) is 3. The molecule has 0 radical (unpaired) electrons. The maximum absolute atomic E-state index is 12.7. The molecule has 6 heteroatoms. The van der Waals surface area contributed by atoms with Gasteiger partial charge >= 0.3 is 0 Å². The SMILES string of the molecule is Cc1cc(C(=O)N2CCC(C)CC2)nc(NCCc2ccc(Cl)cc2)n1. The van der Waals surface area contributed by atoms with Crippen molar-refractivity contribution >= 4 is 23.5 Å². The van der Waals surface area contributed by atoms with Crippen molar-refractivity contribution in [3.05, 3.63) is 52.3 Å². The van der Waals surface area contributed by atoms with E-state index in [0.29, 0.717) is 24.1 Å². The average Bonchev–Trinajstić information content (AvgIpc) is 2.63. The van der Waals surface area contributed by atoms with Crippen molar-refractivity contribution in [2.45, 2.75) is 33.1 Å². The maximum Gasteiger partial charge on any atom is 0.272 e. The molecule has 0 aliphatic carbocycles. The van der Waals surface area contributed by atoms with Crippen LogP contribution in [0.2, 0.25) is 5.02 Å². The van der Waals surface area contributed by atoms with E-state index in [1.165, 1.54) is 5.56 Å². The lowest BCUT2D eigenvalue weighted by Crippen LogP contribution is -2.38. The predicted octanol–water partition coefficient (Wildman–Crippen LogP) is 3.97. The summed E-state index contributed by atoms with van der Waals surface area (Å²) in [4.78, 5) is 23.5. The van der Waals surface area contributed by atoms with Crippen LogP contribution in [0.3, 0.4) is 0 Å². The Labute approximate surface area is 159 Å². The molecular weight excluding hydrogens is 348 g/mol. The summed E-state index contributed by atoms with van der Waals surface area (Å²) in [6.45, 7) is 6.44. The minimum Gasteiger partial charge on any atom is -0.354 e. The second-order valence-corrected chi connectivity index (χ2v) is 7.43. The lowest BCUT2D eigenvalue weighted by molar-refractivity contribution is 0.0691. The highest BCUT2D eigenvalue weighted by atomic mass is 35.5. The smallest absolute Gasteiger partial charge is 0.272 e. The van der Waals surface area contributed by atoms with Crippen molar-refractivity contribution < 1.29 is 4.79 Å². The zero-order valence-electron chi connectivity index (χ0n) is 15.3. The molecule has 2 heterocycles. The molecular formula is C20H25ClN4O. The Bertz CT molecular complexity index is 755. The molecule has 5 nitrogen and oxygen atoms in total. The molecule has 0 saturated carbocycles. The van der Waals surface area contributed by atoms with Crippen LogP contribution in [0.1, 0.15) is 41.5 Å². The second kappa shape index (κ2) is 8.49. The topological polar surface area (TPSA) is 58.1 Å². The quantitative estimate of drug-likeness (QED) is 0.862. The van der Waals surface area contributed by atoms with Gasteiger partial charge in [0, 0.05) is 30.4 Å². The van der Waals surface area contributed by atoms with Crippen LogP contribution < -0.4 is 5.32 Å². The number of aromatic nitrogens is 2. The summed E-state index contributed by atoms with van der Waals surface area (Å²) >= 11 is 5.91. The van der Waals surface area contributed by atoms with Crippen molar-refractivity contribution in [1.82, 2.24) is 14.9 Å².